The fourth-order valence-electron chi connectivity index (χ4n) is 3.12. The predicted molar refractivity (Wildman–Crippen MR) is 107 cm³/mol. The molecule has 154 valence electrons. The topological polar surface area (TPSA) is 109 Å². The van der Waals surface area contributed by atoms with Crippen molar-refractivity contribution < 1.29 is 14.3 Å². The molecule has 0 aromatic carbocycles. The molecule has 0 unspecified atom stereocenters. The summed E-state index contributed by atoms with van der Waals surface area (Å²) in [6.07, 6.45) is 2.94. The smallest absolute Gasteiger partial charge is 0.409 e. The Kier molecular flexibility index (Phi) is 6.94. The molecule has 29 heavy (non-hydrogen) atoms. The second kappa shape index (κ2) is 9.81. The van der Waals surface area contributed by atoms with Crippen LogP contribution in [0.1, 0.15) is 41.6 Å². The zero-order chi connectivity index (χ0) is 20.6. The first-order chi connectivity index (χ1) is 14.0. The predicted octanol–water partition coefficient (Wildman–Crippen LogP) is 2.14. The fourth-order valence-corrected chi connectivity index (χ4v) is 3.12. The minimum absolute atomic E-state index is 0.131. The molecule has 3 heterocycles. The summed E-state index contributed by atoms with van der Waals surface area (Å²) in [5, 5.41) is 6.11. The molecule has 1 aliphatic rings. The zero-order valence-electron chi connectivity index (χ0n) is 16.7. The Morgan fingerprint density at radius 1 is 1.24 bits per heavy atom. The summed E-state index contributed by atoms with van der Waals surface area (Å²) in [6, 6.07) is 7.34. The molecular weight excluding hydrogens is 372 g/mol. The number of aromatic nitrogens is 3. The van der Waals surface area contributed by atoms with Crippen molar-refractivity contribution in [3.8, 4) is 0 Å². The van der Waals surface area contributed by atoms with Crippen LogP contribution in [0, 0.1) is 6.92 Å². The number of carbonyl (C=O) groups is 2. The van der Waals surface area contributed by atoms with E-state index in [4.69, 9.17) is 4.74 Å². The summed E-state index contributed by atoms with van der Waals surface area (Å²) in [5.41, 5.74) is 1.78. The molecule has 0 radical (unpaired) electrons. The van der Waals surface area contributed by atoms with Crippen LogP contribution in [0.4, 0.5) is 10.7 Å². The summed E-state index contributed by atoms with van der Waals surface area (Å²) in [6.45, 7) is 5.55. The van der Waals surface area contributed by atoms with Gasteiger partial charge in [-0.2, -0.15) is 0 Å². The first kappa shape index (κ1) is 20.5. The standard InChI is InChI=1S/C20H26N6O3/c1-3-29-20(28)26-10-7-15(8-11-26)24-19-23-14(2)12-17(25-19)18(27)22-13-16-6-4-5-9-21-16/h4-6,9,12,15H,3,7-8,10-11,13H2,1-2H3,(H,22,27)(H,23,24,25). The van der Waals surface area contributed by atoms with E-state index in [2.05, 4.69) is 25.6 Å². The van der Waals surface area contributed by atoms with Gasteiger partial charge in [-0.3, -0.25) is 9.78 Å². The van der Waals surface area contributed by atoms with Crippen molar-refractivity contribution in [3.63, 3.8) is 0 Å². The highest BCUT2D eigenvalue weighted by Gasteiger charge is 2.24. The molecule has 0 atom stereocenters. The van der Waals surface area contributed by atoms with Crippen LogP contribution < -0.4 is 10.6 Å². The van der Waals surface area contributed by atoms with E-state index < -0.39 is 0 Å². The lowest BCUT2D eigenvalue weighted by Crippen LogP contribution is -2.42. The molecule has 2 aromatic rings. The van der Waals surface area contributed by atoms with Gasteiger partial charge >= 0.3 is 6.09 Å². The Hall–Kier alpha value is -3.23. The number of hydrogen-bond acceptors (Lipinski definition) is 7. The largest absolute Gasteiger partial charge is 0.450 e. The minimum Gasteiger partial charge on any atom is -0.450 e. The van der Waals surface area contributed by atoms with Crippen molar-refractivity contribution in [2.75, 3.05) is 25.0 Å². The van der Waals surface area contributed by atoms with Crippen LogP contribution in [0.15, 0.2) is 30.5 Å². The van der Waals surface area contributed by atoms with E-state index in [1.165, 1.54) is 0 Å². The maximum Gasteiger partial charge on any atom is 0.409 e. The van der Waals surface area contributed by atoms with Gasteiger partial charge in [0.2, 0.25) is 5.95 Å². The molecule has 1 fully saturated rings. The van der Waals surface area contributed by atoms with Crippen molar-refractivity contribution in [1.29, 1.82) is 0 Å². The third kappa shape index (κ3) is 5.87. The number of aryl methyl sites for hydroxylation is 1. The summed E-state index contributed by atoms with van der Waals surface area (Å²) >= 11 is 0. The first-order valence-electron chi connectivity index (χ1n) is 9.77. The minimum atomic E-state index is -0.277. The van der Waals surface area contributed by atoms with Gasteiger partial charge in [0.25, 0.3) is 5.91 Å². The van der Waals surface area contributed by atoms with Crippen LogP contribution in [0.5, 0.6) is 0 Å². The number of likely N-dealkylation sites (tertiary alicyclic amines) is 1. The number of amides is 2. The molecule has 9 heteroatoms. The second-order valence-corrected chi connectivity index (χ2v) is 6.83. The van der Waals surface area contributed by atoms with Gasteiger partial charge in [-0.15, -0.1) is 0 Å². The molecule has 1 aliphatic heterocycles. The van der Waals surface area contributed by atoms with Gasteiger partial charge in [0.15, 0.2) is 0 Å². The SMILES string of the molecule is CCOC(=O)N1CCC(Nc2nc(C)cc(C(=O)NCc3ccccn3)n2)CC1. The normalized spacial score (nSPS) is 14.3. The van der Waals surface area contributed by atoms with Crippen LogP contribution in [0.2, 0.25) is 0 Å². The van der Waals surface area contributed by atoms with Gasteiger partial charge in [0.05, 0.1) is 18.8 Å². The van der Waals surface area contributed by atoms with E-state index >= 15 is 0 Å². The Balaban J connectivity index is 1.56. The molecule has 1 saturated heterocycles. The van der Waals surface area contributed by atoms with E-state index in [1.54, 1.807) is 24.1 Å². The Labute approximate surface area is 169 Å². The van der Waals surface area contributed by atoms with Gasteiger partial charge in [0.1, 0.15) is 5.69 Å². The van der Waals surface area contributed by atoms with Crippen LogP contribution in [-0.4, -0.2) is 57.6 Å². The Morgan fingerprint density at radius 2 is 2.03 bits per heavy atom. The molecule has 0 saturated carbocycles. The van der Waals surface area contributed by atoms with Crippen LogP contribution in [0.3, 0.4) is 0 Å². The first-order valence-corrected chi connectivity index (χ1v) is 9.77. The lowest BCUT2D eigenvalue weighted by molar-refractivity contribution is 0.0942. The van der Waals surface area contributed by atoms with Gasteiger partial charge in [-0.05, 0) is 44.9 Å². The van der Waals surface area contributed by atoms with E-state index in [1.807, 2.05) is 25.1 Å². The van der Waals surface area contributed by atoms with Crippen LogP contribution >= 0.6 is 0 Å². The summed E-state index contributed by atoms with van der Waals surface area (Å²) < 4.78 is 5.04. The molecule has 9 nitrogen and oxygen atoms in total. The number of pyridine rings is 1. The lowest BCUT2D eigenvalue weighted by atomic mass is 10.1. The number of piperidine rings is 1. The monoisotopic (exact) mass is 398 g/mol. The van der Waals surface area contributed by atoms with Crippen LogP contribution in [-0.2, 0) is 11.3 Å². The number of ether oxygens (including phenoxy) is 1. The number of nitrogens with one attached hydrogen (secondary N) is 2. The summed E-state index contributed by atoms with van der Waals surface area (Å²) in [4.78, 5) is 38.9. The van der Waals surface area contributed by atoms with Gasteiger partial charge in [0, 0.05) is 31.0 Å². The fraction of sp³-hybridized carbons (Fsp3) is 0.450. The third-order valence-electron chi connectivity index (χ3n) is 4.60. The highest BCUT2D eigenvalue weighted by atomic mass is 16.6. The van der Waals surface area contributed by atoms with Crippen molar-refractivity contribution in [1.82, 2.24) is 25.2 Å². The lowest BCUT2D eigenvalue weighted by Gasteiger charge is -2.31. The van der Waals surface area contributed by atoms with Crippen molar-refractivity contribution in [3.05, 3.63) is 47.5 Å². The Bertz CT molecular complexity index is 837. The highest BCUT2D eigenvalue weighted by molar-refractivity contribution is 5.92. The quantitative estimate of drug-likeness (QED) is 0.767. The van der Waals surface area contributed by atoms with Gasteiger partial charge in [-0.1, -0.05) is 6.07 Å². The van der Waals surface area contributed by atoms with Crippen molar-refractivity contribution in [2.24, 2.45) is 0 Å². The van der Waals surface area contributed by atoms with E-state index in [0.717, 1.165) is 18.5 Å². The third-order valence-corrected chi connectivity index (χ3v) is 4.60. The Morgan fingerprint density at radius 3 is 2.72 bits per heavy atom. The van der Waals surface area contributed by atoms with E-state index in [-0.39, 0.29) is 18.0 Å². The molecule has 2 aromatic heterocycles. The molecule has 3 rings (SSSR count). The number of anilines is 1. The van der Waals surface area contributed by atoms with Gasteiger partial charge < -0.3 is 20.3 Å². The molecular formula is C20H26N6O3. The molecule has 2 amide bonds. The molecule has 0 spiro atoms. The summed E-state index contributed by atoms with van der Waals surface area (Å²) in [5.74, 6) is 0.143. The molecule has 2 N–H and O–H groups in total. The van der Waals surface area contributed by atoms with Crippen LogP contribution in [0.25, 0.3) is 0 Å². The average molecular weight is 398 g/mol. The number of rotatable bonds is 6. The second-order valence-electron chi connectivity index (χ2n) is 6.83. The zero-order valence-corrected chi connectivity index (χ0v) is 16.7. The molecule has 0 aliphatic carbocycles. The maximum absolute atomic E-state index is 12.5. The maximum atomic E-state index is 12.5. The van der Waals surface area contributed by atoms with E-state index in [9.17, 15) is 9.59 Å². The average Bonchev–Trinajstić information content (AvgIpc) is 2.73. The molecule has 0 bridgehead atoms. The number of carbonyl (C=O) groups excluding carboxylic acids is 2. The highest BCUT2D eigenvalue weighted by Crippen LogP contribution is 2.16. The van der Waals surface area contributed by atoms with Crippen molar-refractivity contribution in [2.45, 2.75) is 39.3 Å². The number of nitrogens with zero attached hydrogens (tertiary/aromatic N) is 4. The van der Waals surface area contributed by atoms with Crippen molar-refractivity contribution >= 4 is 17.9 Å². The number of hydrogen-bond donors (Lipinski definition) is 2. The van der Waals surface area contributed by atoms with E-state index in [0.29, 0.717) is 43.6 Å². The summed E-state index contributed by atoms with van der Waals surface area (Å²) in [7, 11) is 0. The van der Waals surface area contributed by atoms with Gasteiger partial charge in [-0.25, -0.2) is 14.8 Å².